The van der Waals surface area contributed by atoms with E-state index < -0.39 is 0 Å². The maximum atomic E-state index is 13.2. The molecule has 0 aliphatic heterocycles. The van der Waals surface area contributed by atoms with Gasteiger partial charge in [-0.05, 0) is 30.7 Å². The number of nitrogens with two attached hydrogens (primary N) is 1. The number of nitrogens with one attached hydrogen (secondary N) is 1. The molecule has 0 amide bonds. The average molecular weight is 261 g/mol. The third kappa shape index (κ3) is 3.13. The van der Waals surface area contributed by atoms with Crippen molar-refractivity contribution < 1.29 is 9.13 Å². The predicted octanol–water partition coefficient (Wildman–Crippen LogP) is 2.98. The van der Waals surface area contributed by atoms with Gasteiger partial charge in [0, 0.05) is 6.07 Å². The fourth-order valence-corrected chi connectivity index (χ4v) is 1.75. The molecule has 19 heavy (non-hydrogen) atoms. The lowest BCUT2D eigenvalue weighted by atomic mass is 10.1. The molecule has 1 aromatic carbocycles. The Kier molecular flexibility index (Phi) is 3.85. The van der Waals surface area contributed by atoms with Crippen molar-refractivity contribution >= 4 is 11.5 Å². The molecule has 0 saturated carbocycles. The van der Waals surface area contributed by atoms with Crippen LogP contribution in [0.5, 0.6) is 5.88 Å². The number of hydrogen-bond acceptors (Lipinski definition) is 4. The van der Waals surface area contributed by atoms with Crippen molar-refractivity contribution in [2.24, 2.45) is 0 Å². The Bertz CT molecular complexity index is 574. The van der Waals surface area contributed by atoms with Gasteiger partial charge in [-0.15, -0.1) is 0 Å². The average Bonchev–Trinajstić information content (AvgIpc) is 2.41. The van der Waals surface area contributed by atoms with E-state index in [1.807, 2.05) is 13.0 Å². The number of ether oxygens (including phenoxy) is 1. The SMILES string of the molecule is COc1ccc(N)c(NC(C)c2cccc(F)c2)n1. The van der Waals surface area contributed by atoms with Crippen molar-refractivity contribution in [3.8, 4) is 5.88 Å². The molecule has 0 aliphatic carbocycles. The minimum absolute atomic E-state index is 0.113. The molecule has 1 unspecified atom stereocenters. The fraction of sp³-hybridized carbons (Fsp3) is 0.214. The number of methoxy groups -OCH3 is 1. The number of hydrogen-bond donors (Lipinski definition) is 2. The standard InChI is InChI=1S/C14H16FN3O/c1-9(10-4-3-5-11(15)8-10)17-14-12(16)6-7-13(18-14)19-2/h3-9H,16H2,1-2H3,(H,17,18). The number of rotatable bonds is 4. The first-order valence-electron chi connectivity index (χ1n) is 5.92. The van der Waals surface area contributed by atoms with E-state index in [4.69, 9.17) is 10.5 Å². The number of pyridine rings is 1. The van der Waals surface area contributed by atoms with Gasteiger partial charge in [0.15, 0.2) is 5.82 Å². The summed E-state index contributed by atoms with van der Waals surface area (Å²) in [7, 11) is 1.54. The summed E-state index contributed by atoms with van der Waals surface area (Å²) in [5, 5.41) is 3.15. The van der Waals surface area contributed by atoms with Crippen LogP contribution < -0.4 is 15.8 Å². The largest absolute Gasteiger partial charge is 0.481 e. The maximum Gasteiger partial charge on any atom is 0.215 e. The monoisotopic (exact) mass is 261 g/mol. The molecule has 2 rings (SSSR count). The number of benzene rings is 1. The third-order valence-electron chi connectivity index (χ3n) is 2.81. The van der Waals surface area contributed by atoms with Crippen molar-refractivity contribution in [3.63, 3.8) is 0 Å². The summed E-state index contributed by atoms with van der Waals surface area (Å²) in [6, 6.07) is 9.70. The van der Waals surface area contributed by atoms with E-state index in [0.29, 0.717) is 17.4 Å². The highest BCUT2D eigenvalue weighted by Gasteiger charge is 2.10. The van der Waals surface area contributed by atoms with E-state index in [0.717, 1.165) is 5.56 Å². The lowest BCUT2D eigenvalue weighted by Gasteiger charge is -2.16. The second-order valence-electron chi connectivity index (χ2n) is 4.21. The van der Waals surface area contributed by atoms with E-state index in [-0.39, 0.29) is 11.9 Å². The predicted molar refractivity (Wildman–Crippen MR) is 73.6 cm³/mol. The van der Waals surface area contributed by atoms with Crippen LogP contribution in [0, 0.1) is 5.82 Å². The van der Waals surface area contributed by atoms with Gasteiger partial charge >= 0.3 is 0 Å². The zero-order chi connectivity index (χ0) is 13.8. The van der Waals surface area contributed by atoms with Crippen LogP contribution in [-0.4, -0.2) is 12.1 Å². The lowest BCUT2D eigenvalue weighted by Crippen LogP contribution is -2.10. The third-order valence-corrected chi connectivity index (χ3v) is 2.81. The van der Waals surface area contributed by atoms with Crippen LogP contribution in [-0.2, 0) is 0 Å². The molecule has 0 saturated heterocycles. The second kappa shape index (κ2) is 5.56. The van der Waals surface area contributed by atoms with E-state index in [9.17, 15) is 4.39 Å². The van der Waals surface area contributed by atoms with Gasteiger partial charge in [0.2, 0.25) is 5.88 Å². The van der Waals surface area contributed by atoms with Crippen molar-refractivity contribution in [1.82, 2.24) is 4.98 Å². The van der Waals surface area contributed by atoms with Crippen molar-refractivity contribution in [3.05, 3.63) is 47.8 Å². The Balaban J connectivity index is 2.21. The molecule has 0 radical (unpaired) electrons. The van der Waals surface area contributed by atoms with Crippen molar-refractivity contribution in [2.45, 2.75) is 13.0 Å². The van der Waals surface area contributed by atoms with Crippen molar-refractivity contribution in [1.29, 1.82) is 0 Å². The molecule has 0 aliphatic rings. The summed E-state index contributed by atoms with van der Waals surface area (Å²) in [5.74, 6) is 0.733. The summed E-state index contributed by atoms with van der Waals surface area (Å²) < 4.78 is 18.2. The summed E-state index contributed by atoms with van der Waals surface area (Å²) >= 11 is 0. The molecule has 0 fully saturated rings. The number of halogens is 1. The minimum atomic E-state index is -0.266. The second-order valence-corrected chi connectivity index (χ2v) is 4.21. The molecule has 1 atom stereocenters. The van der Waals surface area contributed by atoms with Crippen LogP contribution in [0.3, 0.4) is 0 Å². The zero-order valence-electron chi connectivity index (χ0n) is 10.9. The van der Waals surface area contributed by atoms with Gasteiger partial charge in [0.05, 0.1) is 18.8 Å². The van der Waals surface area contributed by atoms with Crippen molar-refractivity contribution in [2.75, 3.05) is 18.2 Å². The highest BCUT2D eigenvalue weighted by molar-refractivity contribution is 5.62. The summed E-state index contributed by atoms with van der Waals surface area (Å²) in [5.41, 5.74) is 7.19. The van der Waals surface area contributed by atoms with Gasteiger partial charge in [-0.1, -0.05) is 12.1 Å². The number of anilines is 2. The molecule has 100 valence electrons. The first-order valence-corrected chi connectivity index (χ1v) is 5.92. The Morgan fingerprint density at radius 3 is 2.79 bits per heavy atom. The molecular weight excluding hydrogens is 245 g/mol. The Morgan fingerprint density at radius 1 is 1.32 bits per heavy atom. The molecule has 0 bridgehead atoms. The van der Waals surface area contributed by atoms with Crippen LogP contribution >= 0.6 is 0 Å². The van der Waals surface area contributed by atoms with Gasteiger partial charge in [-0.3, -0.25) is 0 Å². The first kappa shape index (κ1) is 13.1. The smallest absolute Gasteiger partial charge is 0.215 e. The summed E-state index contributed by atoms with van der Waals surface area (Å²) in [6.45, 7) is 1.91. The van der Waals surface area contributed by atoms with Gasteiger partial charge in [0.25, 0.3) is 0 Å². The normalized spacial score (nSPS) is 11.9. The van der Waals surface area contributed by atoms with Crippen LogP contribution in [0.1, 0.15) is 18.5 Å². The quantitative estimate of drug-likeness (QED) is 0.888. The molecule has 3 N–H and O–H groups in total. The highest BCUT2D eigenvalue weighted by atomic mass is 19.1. The fourth-order valence-electron chi connectivity index (χ4n) is 1.75. The molecule has 5 heteroatoms. The van der Waals surface area contributed by atoms with E-state index in [2.05, 4.69) is 10.3 Å². The van der Waals surface area contributed by atoms with Crippen LogP contribution in [0.2, 0.25) is 0 Å². The maximum absolute atomic E-state index is 13.2. The molecule has 4 nitrogen and oxygen atoms in total. The number of aromatic nitrogens is 1. The van der Waals surface area contributed by atoms with Gasteiger partial charge in [-0.25, -0.2) is 4.39 Å². The number of nitrogens with zero attached hydrogens (tertiary/aromatic N) is 1. The van der Waals surface area contributed by atoms with Crippen LogP contribution in [0.4, 0.5) is 15.9 Å². The minimum Gasteiger partial charge on any atom is -0.481 e. The Morgan fingerprint density at radius 2 is 2.11 bits per heavy atom. The van der Waals surface area contributed by atoms with Crippen LogP contribution in [0.15, 0.2) is 36.4 Å². The van der Waals surface area contributed by atoms with E-state index in [1.165, 1.54) is 19.2 Å². The first-order chi connectivity index (χ1) is 9.10. The summed E-state index contributed by atoms with van der Waals surface area (Å²) in [4.78, 5) is 4.23. The van der Waals surface area contributed by atoms with Gasteiger partial charge in [0.1, 0.15) is 5.82 Å². The Hall–Kier alpha value is -2.30. The number of nitrogen functional groups attached to an aromatic ring is 1. The van der Waals surface area contributed by atoms with Gasteiger partial charge in [-0.2, -0.15) is 4.98 Å². The Labute approximate surface area is 111 Å². The summed E-state index contributed by atoms with van der Waals surface area (Å²) in [6.07, 6.45) is 0. The van der Waals surface area contributed by atoms with E-state index in [1.54, 1.807) is 18.2 Å². The van der Waals surface area contributed by atoms with E-state index >= 15 is 0 Å². The van der Waals surface area contributed by atoms with Gasteiger partial charge < -0.3 is 15.8 Å². The molecule has 1 heterocycles. The van der Waals surface area contributed by atoms with Crippen LogP contribution in [0.25, 0.3) is 0 Å². The topological polar surface area (TPSA) is 60.2 Å². The zero-order valence-corrected chi connectivity index (χ0v) is 10.9. The highest BCUT2D eigenvalue weighted by Crippen LogP contribution is 2.24. The molecule has 0 spiro atoms. The molecular formula is C14H16FN3O. The molecule has 1 aromatic heterocycles. The lowest BCUT2D eigenvalue weighted by molar-refractivity contribution is 0.398. The molecule has 2 aromatic rings.